The topological polar surface area (TPSA) is 76.2 Å². The maximum atomic E-state index is 12.6. The number of aromatic amines is 1. The van der Waals surface area contributed by atoms with Gasteiger partial charge in [-0.3, -0.25) is 9.89 Å². The summed E-state index contributed by atoms with van der Waals surface area (Å²) in [6, 6.07) is 21.5. The van der Waals surface area contributed by atoms with Crippen LogP contribution in [0.1, 0.15) is 32.3 Å². The first-order valence-electron chi connectivity index (χ1n) is 10.6. The van der Waals surface area contributed by atoms with E-state index in [0.717, 1.165) is 27.8 Å². The van der Waals surface area contributed by atoms with Crippen molar-refractivity contribution >= 4 is 22.6 Å². The zero-order chi connectivity index (χ0) is 22.7. The van der Waals surface area contributed by atoms with Gasteiger partial charge in [-0.25, -0.2) is 0 Å². The number of nitrogens with zero attached hydrogens (tertiary/aromatic N) is 1. The third-order valence-corrected chi connectivity index (χ3v) is 5.43. The molecule has 0 aliphatic heterocycles. The Morgan fingerprint density at radius 1 is 1.00 bits per heavy atom. The van der Waals surface area contributed by atoms with Crippen molar-refractivity contribution in [2.45, 2.75) is 32.8 Å². The Labute approximate surface area is 187 Å². The molecule has 1 amide bonds. The zero-order valence-electron chi connectivity index (χ0n) is 18.7. The number of methoxy groups -OCH3 is 1. The molecule has 0 radical (unpaired) electrons. The number of hydrogen-bond donors (Lipinski definition) is 2. The van der Waals surface area contributed by atoms with Crippen LogP contribution in [0.5, 0.6) is 11.5 Å². The van der Waals surface area contributed by atoms with Gasteiger partial charge in [0, 0.05) is 10.9 Å². The number of ether oxygens (including phenoxy) is 2. The normalized spacial score (nSPS) is 12.0. The molecule has 0 bridgehead atoms. The molecule has 0 aliphatic carbocycles. The van der Waals surface area contributed by atoms with E-state index in [9.17, 15) is 4.79 Å². The highest BCUT2D eigenvalue weighted by molar-refractivity contribution is 6.02. The molecule has 0 fully saturated rings. The molecule has 6 heteroatoms. The van der Waals surface area contributed by atoms with Gasteiger partial charge in [0.15, 0.2) is 11.9 Å². The number of para-hydroxylation sites is 1. The molecule has 1 aromatic heterocycles. The third-order valence-electron chi connectivity index (χ3n) is 5.43. The van der Waals surface area contributed by atoms with Gasteiger partial charge in [0.2, 0.25) is 0 Å². The Balaban J connectivity index is 1.57. The van der Waals surface area contributed by atoms with Gasteiger partial charge < -0.3 is 14.8 Å². The molecule has 1 heterocycles. The lowest BCUT2D eigenvalue weighted by Gasteiger charge is -2.14. The lowest BCUT2D eigenvalue weighted by molar-refractivity contribution is -0.122. The number of carbonyl (C=O) groups is 1. The molecular formula is C26H27N3O3. The highest BCUT2D eigenvalue weighted by atomic mass is 16.5. The van der Waals surface area contributed by atoms with E-state index in [0.29, 0.717) is 17.5 Å². The SMILES string of the molecule is COc1ccc(C(C)C)cc1-c1ccc2c(NC(=O)C(C)Oc3ccccc3)n[nH]c2c1. The minimum absolute atomic E-state index is 0.266. The maximum Gasteiger partial charge on any atom is 0.266 e. The van der Waals surface area contributed by atoms with Crippen molar-refractivity contribution in [3.8, 4) is 22.6 Å². The van der Waals surface area contributed by atoms with Crippen molar-refractivity contribution in [3.63, 3.8) is 0 Å². The largest absolute Gasteiger partial charge is 0.496 e. The van der Waals surface area contributed by atoms with Crippen molar-refractivity contribution in [2.75, 3.05) is 12.4 Å². The number of hydrogen-bond acceptors (Lipinski definition) is 4. The van der Waals surface area contributed by atoms with E-state index in [1.807, 2.05) is 54.6 Å². The van der Waals surface area contributed by atoms with Crippen molar-refractivity contribution in [1.29, 1.82) is 0 Å². The van der Waals surface area contributed by atoms with Crippen LogP contribution < -0.4 is 14.8 Å². The van der Waals surface area contributed by atoms with Gasteiger partial charge in [-0.05, 0) is 60.4 Å². The lowest BCUT2D eigenvalue weighted by Crippen LogP contribution is -2.30. The molecule has 4 rings (SSSR count). The number of amides is 1. The quantitative estimate of drug-likeness (QED) is 0.391. The molecule has 32 heavy (non-hydrogen) atoms. The second-order valence-corrected chi connectivity index (χ2v) is 8.01. The van der Waals surface area contributed by atoms with Gasteiger partial charge in [0.05, 0.1) is 12.6 Å². The predicted octanol–water partition coefficient (Wildman–Crippen LogP) is 5.77. The molecular weight excluding hydrogens is 402 g/mol. The number of nitrogens with one attached hydrogen (secondary N) is 2. The van der Waals surface area contributed by atoms with Crippen molar-refractivity contribution in [1.82, 2.24) is 10.2 Å². The van der Waals surface area contributed by atoms with E-state index in [1.165, 1.54) is 5.56 Å². The number of anilines is 1. The highest BCUT2D eigenvalue weighted by Crippen LogP contribution is 2.35. The number of benzene rings is 3. The molecule has 0 saturated carbocycles. The Hall–Kier alpha value is -3.80. The lowest BCUT2D eigenvalue weighted by atomic mass is 9.96. The van der Waals surface area contributed by atoms with Crippen molar-refractivity contribution in [2.24, 2.45) is 0 Å². The van der Waals surface area contributed by atoms with Crippen molar-refractivity contribution in [3.05, 3.63) is 72.3 Å². The minimum Gasteiger partial charge on any atom is -0.496 e. The van der Waals surface area contributed by atoms with Gasteiger partial charge >= 0.3 is 0 Å². The van der Waals surface area contributed by atoms with Gasteiger partial charge in [0.1, 0.15) is 11.5 Å². The van der Waals surface area contributed by atoms with E-state index in [1.54, 1.807) is 14.0 Å². The summed E-state index contributed by atoms with van der Waals surface area (Å²) in [5, 5.41) is 11.0. The Morgan fingerprint density at radius 3 is 2.50 bits per heavy atom. The first-order valence-corrected chi connectivity index (χ1v) is 10.6. The highest BCUT2D eigenvalue weighted by Gasteiger charge is 2.18. The summed E-state index contributed by atoms with van der Waals surface area (Å²) in [5.41, 5.74) is 4.10. The standard InChI is InChI=1S/C26H27N3O3/c1-16(2)18-11-13-24(31-4)22(14-18)19-10-12-21-23(15-19)28-29-25(21)27-26(30)17(3)32-20-8-6-5-7-9-20/h5-17H,1-4H3,(H2,27,28,29,30). The minimum atomic E-state index is -0.661. The van der Waals surface area contributed by atoms with E-state index in [4.69, 9.17) is 9.47 Å². The van der Waals surface area contributed by atoms with E-state index in [2.05, 4.69) is 41.5 Å². The molecule has 0 aliphatic rings. The summed E-state index contributed by atoms with van der Waals surface area (Å²) in [6.07, 6.45) is -0.661. The number of fused-ring (bicyclic) bond motifs is 1. The Morgan fingerprint density at radius 2 is 1.78 bits per heavy atom. The molecule has 2 N–H and O–H groups in total. The summed E-state index contributed by atoms with van der Waals surface area (Å²) in [7, 11) is 1.68. The average Bonchev–Trinajstić information content (AvgIpc) is 3.21. The monoisotopic (exact) mass is 429 g/mol. The second kappa shape index (κ2) is 9.14. The van der Waals surface area contributed by atoms with Crippen LogP contribution in [-0.4, -0.2) is 29.3 Å². The van der Waals surface area contributed by atoms with Crippen LogP contribution >= 0.6 is 0 Å². The van der Waals surface area contributed by atoms with Crippen LogP contribution in [0, 0.1) is 0 Å². The summed E-state index contributed by atoms with van der Waals surface area (Å²) < 4.78 is 11.3. The summed E-state index contributed by atoms with van der Waals surface area (Å²) in [4.78, 5) is 12.6. The summed E-state index contributed by atoms with van der Waals surface area (Å²) in [5.74, 6) is 2.08. The van der Waals surface area contributed by atoms with E-state index in [-0.39, 0.29) is 5.91 Å². The van der Waals surface area contributed by atoms with E-state index < -0.39 is 6.10 Å². The fourth-order valence-corrected chi connectivity index (χ4v) is 3.57. The molecule has 1 unspecified atom stereocenters. The van der Waals surface area contributed by atoms with Crippen LogP contribution in [-0.2, 0) is 4.79 Å². The predicted molar refractivity (Wildman–Crippen MR) is 127 cm³/mol. The van der Waals surface area contributed by atoms with Gasteiger partial charge in [-0.15, -0.1) is 0 Å². The van der Waals surface area contributed by atoms with Gasteiger partial charge in [0.25, 0.3) is 5.91 Å². The molecule has 6 nitrogen and oxygen atoms in total. The van der Waals surface area contributed by atoms with Crippen LogP contribution in [0.3, 0.4) is 0 Å². The van der Waals surface area contributed by atoms with Crippen LogP contribution in [0.4, 0.5) is 5.82 Å². The molecule has 164 valence electrons. The molecule has 4 aromatic rings. The first kappa shape index (κ1) is 21.4. The van der Waals surface area contributed by atoms with Crippen LogP contribution in [0.25, 0.3) is 22.0 Å². The molecule has 3 aromatic carbocycles. The van der Waals surface area contributed by atoms with Crippen molar-refractivity contribution < 1.29 is 14.3 Å². The molecule has 1 atom stereocenters. The number of aromatic nitrogens is 2. The molecule has 0 spiro atoms. The fraction of sp³-hybridized carbons (Fsp3) is 0.231. The van der Waals surface area contributed by atoms with Gasteiger partial charge in [-0.2, -0.15) is 5.10 Å². The van der Waals surface area contributed by atoms with Crippen LogP contribution in [0.2, 0.25) is 0 Å². The fourth-order valence-electron chi connectivity index (χ4n) is 3.57. The Bertz CT molecular complexity index is 1230. The number of H-pyrrole nitrogens is 1. The number of carbonyl (C=O) groups excluding carboxylic acids is 1. The van der Waals surface area contributed by atoms with Gasteiger partial charge in [-0.1, -0.05) is 44.2 Å². The summed E-state index contributed by atoms with van der Waals surface area (Å²) >= 11 is 0. The number of rotatable bonds is 7. The van der Waals surface area contributed by atoms with E-state index >= 15 is 0 Å². The molecule has 0 saturated heterocycles. The van der Waals surface area contributed by atoms with Crippen LogP contribution in [0.15, 0.2) is 66.7 Å². The first-order chi connectivity index (χ1) is 15.5. The second-order valence-electron chi connectivity index (χ2n) is 8.01. The smallest absolute Gasteiger partial charge is 0.266 e. The maximum absolute atomic E-state index is 12.6. The Kier molecular flexibility index (Phi) is 6.12. The average molecular weight is 430 g/mol. The third kappa shape index (κ3) is 4.44. The zero-order valence-corrected chi connectivity index (χ0v) is 18.7. The summed E-state index contributed by atoms with van der Waals surface area (Å²) in [6.45, 7) is 6.05.